The van der Waals surface area contributed by atoms with Crippen molar-refractivity contribution in [1.29, 1.82) is 0 Å². The summed E-state index contributed by atoms with van der Waals surface area (Å²) in [4.78, 5) is 28.3. The van der Waals surface area contributed by atoms with Crippen molar-refractivity contribution in [2.24, 2.45) is 0 Å². The largest absolute Gasteiger partial charge is 0.488 e. The zero-order valence-corrected chi connectivity index (χ0v) is 20.9. The lowest BCUT2D eigenvalue weighted by atomic mass is 10.1. The molecule has 1 aromatic carbocycles. The van der Waals surface area contributed by atoms with Gasteiger partial charge in [0, 0.05) is 32.7 Å². The van der Waals surface area contributed by atoms with Crippen LogP contribution in [0, 0.1) is 0 Å². The molecule has 3 heterocycles. The van der Waals surface area contributed by atoms with Gasteiger partial charge in [-0.2, -0.15) is 0 Å². The molecule has 0 unspecified atom stereocenters. The normalized spacial score (nSPS) is 22.6. The van der Waals surface area contributed by atoms with E-state index < -0.39 is 6.10 Å². The molecule has 190 valence electrons. The van der Waals surface area contributed by atoms with Crippen molar-refractivity contribution in [1.82, 2.24) is 19.8 Å². The van der Waals surface area contributed by atoms with Gasteiger partial charge in [0.25, 0.3) is 0 Å². The molecule has 2 fully saturated rings. The molecule has 3 atom stereocenters. The second-order valence-corrected chi connectivity index (χ2v) is 9.73. The summed E-state index contributed by atoms with van der Waals surface area (Å²) < 4.78 is 11.4. The van der Waals surface area contributed by atoms with E-state index in [1.165, 1.54) is 5.56 Å². The maximum absolute atomic E-state index is 13.1. The second kappa shape index (κ2) is 11.7. The number of piperidine rings is 1. The van der Waals surface area contributed by atoms with E-state index in [2.05, 4.69) is 44.0 Å². The maximum atomic E-state index is 13.1. The fourth-order valence-corrected chi connectivity index (χ4v) is 4.84. The second-order valence-electron chi connectivity index (χ2n) is 9.73. The zero-order valence-electron chi connectivity index (χ0n) is 20.9. The van der Waals surface area contributed by atoms with Crippen molar-refractivity contribution in [2.75, 3.05) is 37.7 Å². The average Bonchev–Trinajstić information content (AvgIpc) is 2.84. The quantitative estimate of drug-likeness (QED) is 0.643. The minimum Gasteiger partial charge on any atom is -0.488 e. The third-order valence-corrected chi connectivity index (χ3v) is 6.57. The van der Waals surface area contributed by atoms with Crippen molar-refractivity contribution >= 4 is 12.0 Å². The van der Waals surface area contributed by atoms with Gasteiger partial charge in [0.15, 0.2) is 5.75 Å². The van der Waals surface area contributed by atoms with Crippen LogP contribution in [0.1, 0.15) is 39.2 Å². The fourth-order valence-electron chi connectivity index (χ4n) is 4.84. The number of aliphatic hydroxyl groups excluding tert-OH is 1. The first-order chi connectivity index (χ1) is 16.9. The van der Waals surface area contributed by atoms with E-state index in [1.807, 2.05) is 24.8 Å². The number of anilines is 1. The molecule has 2 aliphatic rings. The molecule has 4 rings (SSSR count). The van der Waals surface area contributed by atoms with Crippen LogP contribution in [0.5, 0.6) is 5.75 Å². The van der Waals surface area contributed by atoms with E-state index in [1.54, 1.807) is 19.3 Å². The Morgan fingerprint density at radius 2 is 1.71 bits per heavy atom. The van der Waals surface area contributed by atoms with Crippen molar-refractivity contribution in [2.45, 2.75) is 64.4 Å². The number of amides is 1. The van der Waals surface area contributed by atoms with Gasteiger partial charge < -0.3 is 19.5 Å². The molecular formula is C26H37N5O4. The SMILES string of the molecule is C[C@H](O)COc1cnc(N2C[C@@H](C)N(C(=O)OC3CCN(Cc4ccccc4)CC3)[C@@H](C)C2)nc1. The van der Waals surface area contributed by atoms with Gasteiger partial charge in [-0.3, -0.25) is 9.80 Å². The Morgan fingerprint density at radius 1 is 1.09 bits per heavy atom. The summed E-state index contributed by atoms with van der Waals surface area (Å²) in [6.07, 6.45) is 4.14. The third-order valence-electron chi connectivity index (χ3n) is 6.57. The van der Waals surface area contributed by atoms with Crippen molar-refractivity contribution < 1.29 is 19.4 Å². The van der Waals surface area contributed by atoms with Gasteiger partial charge >= 0.3 is 6.09 Å². The highest BCUT2D eigenvalue weighted by molar-refractivity contribution is 5.69. The summed E-state index contributed by atoms with van der Waals surface area (Å²) in [5.41, 5.74) is 1.31. The zero-order chi connectivity index (χ0) is 24.8. The number of hydrogen-bond donors (Lipinski definition) is 1. The van der Waals surface area contributed by atoms with E-state index in [0.717, 1.165) is 32.5 Å². The number of rotatable bonds is 7. The molecule has 0 aliphatic carbocycles. The Bertz CT molecular complexity index is 923. The molecule has 0 saturated carbocycles. The van der Waals surface area contributed by atoms with E-state index in [9.17, 15) is 9.90 Å². The lowest BCUT2D eigenvalue weighted by Crippen LogP contribution is -2.59. The van der Waals surface area contributed by atoms with Gasteiger partial charge in [0.1, 0.15) is 12.7 Å². The van der Waals surface area contributed by atoms with Gasteiger partial charge in [-0.05, 0) is 39.2 Å². The highest BCUT2D eigenvalue weighted by Crippen LogP contribution is 2.23. The summed E-state index contributed by atoms with van der Waals surface area (Å²) in [5, 5.41) is 9.35. The number of carbonyl (C=O) groups excluding carboxylic acids is 1. The Balaban J connectivity index is 1.25. The van der Waals surface area contributed by atoms with Crippen LogP contribution in [0.2, 0.25) is 0 Å². The van der Waals surface area contributed by atoms with Crippen LogP contribution in [0.4, 0.5) is 10.7 Å². The smallest absolute Gasteiger partial charge is 0.410 e. The number of piperazine rings is 1. The van der Waals surface area contributed by atoms with Crippen molar-refractivity contribution in [3.8, 4) is 5.75 Å². The molecule has 1 aromatic heterocycles. The summed E-state index contributed by atoms with van der Waals surface area (Å²) in [5.74, 6) is 1.12. The highest BCUT2D eigenvalue weighted by atomic mass is 16.6. The number of nitrogens with zero attached hydrogens (tertiary/aromatic N) is 5. The van der Waals surface area contributed by atoms with Gasteiger partial charge in [-0.25, -0.2) is 14.8 Å². The van der Waals surface area contributed by atoms with Gasteiger partial charge in [-0.1, -0.05) is 30.3 Å². The average molecular weight is 484 g/mol. The predicted octanol–water partition coefficient (Wildman–Crippen LogP) is 2.94. The van der Waals surface area contributed by atoms with Crippen LogP contribution in [0.3, 0.4) is 0 Å². The summed E-state index contributed by atoms with van der Waals surface area (Å²) in [6.45, 7) is 9.99. The Hall–Kier alpha value is -2.91. The van der Waals surface area contributed by atoms with Gasteiger partial charge in [0.2, 0.25) is 5.95 Å². The Morgan fingerprint density at radius 3 is 2.31 bits per heavy atom. The van der Waals surface area contributed by atoms with Gasteiger partial charge in [-0.15, -0.1) is 0 Å². The van der Waals surface area contributed by atoms with Crippen LogP contribution < -0.4 is 9.64 Å². The first kappa shape index (κ1) is 25.2. The predicted molar refractivity (Wildman–Crippen MR) is 133 cm³/mol. The van der Waals surface area contributed by atoms with Crippen LogP contribution in [0.15, 0.2) is 42.7 Å². The number of likely N-dealkylation sites (tertiary alicyclic amines) is 1. The first-order valence-corrected chi connectivity index (χ1v) is 12.5. The van der Waals surface area contributed by atoms with Crippen LogP contribution in [-0.2, 0) is 11.3 Å². The lowest BCUT2D eigenvalue weighted by Gasteiger charge is -2.44. The van der Waals surface area contributed by atoms with Crippen LogP contribution in [-0.4, -0.2) is 88.0 Å². The van der Waals surface area contributed by atoms with E-state index in [4.69, 9.17) is 9.47 Å². The maximum Gasteiger partial charge on any atom is 0.410 e. The third kappa shape index (κ3) is 6.82. The van der Waals surface area contributed by atoms with Crippen molar-refractivity contribution in [3.05, 3.63) is 48.3 Å². The molecule has 0 spiro atoms. The number of hydrogen-bond acceptors (Lipinski definition) is 8. The molecule has 2 aromatic rings. The standard InChI is InChI=1S/C26H37N5O4/c1-19-15-30(25-27-13-24(14-28-25)34-18-21(3)32)16-20(2)31(19)26(33)35-23-9-11-29(12-10-23)17-22-7-5-4-6-8-22/h4-8,13-14,19-21,23,32H,9-12,15-18H2,1-3H3/t19-,20+,21-/m0/s1. The Kier molecular flexibility index (Phi) is 8.41. The summed E-state index contributed by atoms with van der Waals surface area (Å²) in [7, 11) is 0. The number of benzene rings is 1. The molecule has 35 heavy (non-hydrogen) atoms. The molecule has 2 aliphatic heterocycles. The fraction of sp³-hybridized carbons (Fsp3) is 0.577. The monoisotopic (exact) mass is 483 g/mol. The molecular weight excluding hydrogens is 446 g/mol. The minimum atomic E-state index is -0.550. The number of aromatic nitrogens is 2. The van der Waals surface area contributed by atoms with E-state index in [-0.39, 0.29) is 30.9 Å². The van der Waals surface area contributed by atoms with Gasteiger partial charge in [0.05, 0.1) is 30.6 Å². The van der Waals surface area contributed by atoms with Crippen LogP contribution >= 0.6 is 0 Å². The first-order valence-electron chi connectivity index (χ1n) is 12.5. The molecule has 9 heteroatoms. The number of aliphatic hydroxyl groups is 1. The molecule has 9 nitrogen and oxygen atoms in total. The van der Waals surface area contributed by atoms with Crippen LogP contribution in [0.25, 0.3) is 0 Å². The number of ether oxygens (including phenoxy) is 2. The topological polar surface area (TPSA) is 91.3 Å². The molecule has 1 amide bonds. The number of carbonyl (C=O) groups is 1. The Labute approximate surface area is 207 Å². The summed E-state index contributed by atoms with van der Waals surface area (Å²) in [6, 6.07) is 10.4. The molecule has 1 N–H and O–H groups in total. The van der Waals surface area contributed by atoms with Crippen molar-refractivity contribution in [3.63, 3.8) is 0 Å². The summed E-state index contributed by atoms with van der Waals surface area (Å²) >= 11 is 0. The molecule has 0 radical (unpaired) electrons. The molecule has 0 bridgehead atoms. The highest BCUT2D eigenvalue weighted by Gasteiger charge is 2.36. The van der Waals surface area contributed by atoms with E-state index >= 15 is 0 Å². The van der Waals surface area contributed by atoms with E-state index in [0.29, 0.717) is 24.8 Å². The minimum absolute atomic E-state index is 0.0285. The molecule has 2 saturated heterocycles. The lowest BCUT2D eigenvalue weighted by molar-refractivity contribution is 0.00995.